The summed E-state index contributed by atoms with van der Waals surface area (Å²) >= 11 is 0. The van der Waals surface area contributed by atoms with Gasteiger partial charge in [0.15, 0.2) is 0 Å². The lowest BCUT2D eigenvalue weighted by molar-refractivity contribution is 1.23. The molecule has 21 rings (SSSR count). The number of nitrogens with zero attached hydrogens (tertiary/aromatic N) is 8. The Bertz CT molecular complexity index is 6760. The van der Waals surface area contributed by atoms with E-state index >= 15 is 0 Å². The van der Waals surface area contributed by atoms with Gasteiger partial charge in [0, 0.05) is 134 Å². The van der Waals surface area contributed by atoms with Crippen molar-refractivity contribution in [2.24, 2.45) is 0 Å². The van der Waals surface area contributed by atoms with E-state index in [4.69, 9.17) is 0 Å². The Morgan fingerprint density at radius 2 is 0.157 bits per heavy atom. The number of rotatable bonds is 24. The van der Waals surface area contributed by atoms with Crippen LogP contribution in [0.2, 0.25) is 0 Å². The van der Waals surface area contributed by atoms with Gasteiger partial charge in [0.25, 0.3) is 0 Å². The van der Waals surface area contributed by atoms with Crippen LogP contribution in [0.1, 0.15) is 89.0 Å². The molecule has 0 aliphatic carbocycles. The van der Waals surface area contributed by atoms with Crippen LogP contribution in [0, 0.1) is 111 Å². The lowest BCUT2D eigenvalue weighted by Gasteiger charge is -2.40. The van der Waals surface area contributed by atoms with E-state index in [0.717, 1.165) is 269 Å². The van der Waals surface area contributed by atoms with Crippen LogP contribution >= 0.6 is 0 Å². The number of fused-ring (bicyclic) bond motifs is 2. The first-order chi connectivity index (χ1) is 68.0. The third kappa shape index (κ3) is 17.2. The van der Waals surface area contributed by atoms with E-state index in [1.807, 2.05) is 0 Å². The van der Waals surface area contributed by atoms with Gasteiger partial charge in [-0.2, -0.15) is 0 Å². The molecule has 0 spiro atoms. The maximum atomic E-state index is 2.60. The fraction of sp³-hybridized carbons (Fsp3) is 0.121. The number of benzene rings is 21. The highest BCUT2D eigenvalue weighted by atomic mass is 15.2. The molecule has 0 bridgehead atoms. The lowest BCUT2D eigenvalue weighted by atomic mass is 9.82. The predicted molar refractivity (Wildman–Crippen MR) is 601 cm³/mol. The molecule has 0 amide bonds. The molecule has 0 radical (unpaired) electrons. The minimum absolute atomic E-state index is 0.931. The number of aryl methyl sites for hydroxylation is 16. The molecule has 0 aliphatic heterocycles. The van der Waals surface area contributed by atoms with Gasteiger partial charge in [-0.1, -0.05) is 283 Å². The van der Waals surface area contributed by atoms with Gasteiger partial charge in [0.1, 0.15) is 0 Å². The molecule has 0 aromatic heterocycles. The van der Waals surface area contributed by atoms with Crippen molar-refractivity contribution in [1.82, 2.24) is 0 Å². The van der Waals surface area contributed by atoms with Crippen LogP contribution in [0.15, 0.2) is 413 Å². The number of hydrogen-bond acceptors (Lipinski definition) is 8. The van der Waals surface area contributed by atoms with Crippen molar-refractivity contribution in [3.63, 3.8) is 0 Å². The zero-order chi connectivity index (χ0) is 96.4. The molecule has 0 atom stereocenters. The summed E-state index contributed by atoms with van der Waals surface area (Å²) in [7, 11) is 0. The summed E-state index contributed by atoms with van der Waals surface area (Å²) in [6.45, 7) is 35.3. The third-order valence-corrected chi connectivity index (χ3v) is 27.7. The topological polar surface area (TPSA) is 25.9 Å². The van der Waals surface area contributed by atoms with Crippen LogP contribution in [-0.4, -0.2) is 0 Å². The summed E-state index contributed by atoms with van der Waals surface area (Å²) < 4.78 is 0. The SMILES string of the molecule is Cc1ccc(N(c2ccc(C)cc2)c2cc(N(c3ccc(C)cc3)c3ccc(C)cc3)c3c4c(N(c5ccc(C)cc5)c5ccc(C)cc5)cc(N(c5ccc(C)cc5)c5ccc(C)cc5)c5c(N(c6ccc(C)cc6)c6ccc(C)cc6)cc(N(c6ccc(C)cc6)c6ccc(C)cc6)c(c6c(N(c7ccc(C)cc7)c7ccc(C)cc7)cc(N(c7ccc(C)cc7)c7ccc(C)cc7)c2c36)c54)cc1. The summed E-state index contributed by atoms with van der Waals surface area (Å²) in [5, 5.41) is 7.97. The third-order valence-electron chi connectivity index (χ3n) is 27.7. The molecule has 21 aromatic carbocycles. The van der Waals surface area contributed by atoms with Crippen LogP contribution in [0.3, 0.4) is 0 Å². The highest BCUT2D eigenvalue weighted by Gasteiger charge is 2.40. The fourth-order valence-electron chi connectivity index (χ4n) is 20.1. The average molecular weight is 1810 g/mol. The van der Waals surface area contributed by atoms with Crippen LogP contribution < -0.4 is 39.2 Å². The minimum atomic E-state index is 0.931. The molecule has 0 unspecified atom stereocenters. The molecule has 0 aliphatic rings. The highest BCUT2D eigenvalue weighted by molar-refractivity contribution is 6.47. The van der Waals surface area contributed by atoms with E-state index < -0.39 is 0 Å². The van der Waals surface area contributed by atoms with Gasteiger partial charge >= 0.3 is 0 Å². The smallest absolute Gasteiger partial charge is 0.0582 e. The van der Waals surface area contributed by atoms with Crippen LogP contribution in [0.25, 0.3) is 43.1 Å². The van der Waals surface area contributed by atoms with Crippen molar-refractivity contribution in [2.75, 3.05) is 39.2 Å². The number of anilines is 24. The molecular formula is C132H116N8. The predicted octanol–water partition coefficient (Wildman–Crippen LogP) is 38.4. The molecule has 21 aromatic rings. The maximum absolute atomic E-state index is 2.60. The molecule has 684 valence electrons. The van der Waals surface area contributed by atoms with Crippen molar-refractivity contribution >= 4 is 180 Å². The van der Waals surface area contributed by atoms with Crippen molar-refractivity contribution in [2.45, 2.75) is 111 Å². The molecule has 0 heterocycles. The summed E-state index contributed by atoms with van der Waals surface area (Å²) in [6.07, 6.45) is 0. The summed E-state index contributed by atoms with van der Waals surface area (Å²) in [5.41, 5.74) is 41.5. The van der Waals surface area contributed by atoms with E-state index in [2.05, 4.69) is 562 Å². The second-order valence-electron chi connectivity index (χ2n) is 38.7. The van der Waals surface area contributed by atoms with Gasteiger partial charge in [-0.05, 0) is 329 Å². The van der Waals surface area contributed by atoms with E-state index in [-0.39, 0.29) is 0 Å². The molecule has 8 heteroatoms. The van der Waals surface area contributed by atoms with Crippen molar-refractivity contribution in [3.05, 3.63) is 502 Å². The Balaban J connectivity index is 1.19. The van der Waals surface area contributed by atoms with Gasteiger partial charge < -0.3 is 39.2 Å². The Labute approximate surface area is 825 Å². The van der Waals surface area contributed by atoms with Crippen LogP contribution in [-0.2, 0) is 0 Å². The quantitative estimate of drug-likeness (QED) is 0.0436. The molecule has 0 fully saturated rings. The molecule has 8 nitrogen and oxygen atoms in total. The zero-order valence-electron chi connectivity index (χ0n) is 82.8. The first kappa shape index (κ1) is 89.8. The Morgan fingerprint density at radius 3 is 0.236 bits per heavy atom. The van der Waals surface area contributed by atoms with E-state index in [1.165, 1.54) is 0 Å². The maximum Gasteiger partial charge on any atom is 0.0582 e. The molecular weight excluding hydrogens is 1700 g/mol. The number of hydrogen-bond donors (Lipinski definition) is 0. The lowest BCUT2D eigenvalue weighted by Crippen LogP contribution is -2.20. The van der Waals surface area contributed by atoms with Crippen molar-refractivity contribution in [3.8, 4) is 0 Å². The van der Waals surface area contributed by atoms with Crippen molar-refractivity contribution in [1.29, 1.82) is 0 Å². The van der Waals surface area contributed by atoms with Crippen LogP contribution in [0.4, 0.5) is 136 Å². The Kier molecular flexibility index (Phi) is 24.0. The Hall–Kier alpha value is -16.7. The average Bonchev–Trinajstić information content (AvgIpc) is 0.664. The molecule has 0 N–H and O–H groups in total. The molecule has 0 saturated heterocycles. The van der Waals surface area contributed by atoms with Crippen molar-refractivity contribution < 1.29 is 0 Å². The van der Waals surface area contributed by atoms with Gasteiger partial charge in [0.2, 0.25) is 0 Å². The van der Waals surface area contributed by atoms with Gasteiger partial charge in [-0.25, -0.2) is 0 Å². The largest absolute Gasteiger partial charge is 0.310 e. The second-order valence-corrected chi connectivity index (χ2v) is 38.7. The van der Waals surface area contributed by atoms with Crippen LogP contribution in [0.5, 0.6) is 0 Å². The fourth-order valence-corrected chi connectivity index (χ4v) is 20.1. The first-order valence-electron chi connectivity index (χ1n) is 48.8. The first-order valence-corrected chi connectivity index (χ1v) is 48.8. The highest BCUT2D eigenvalue weighted by Crippen LogP contribution is 2.66. The van der Waals surface area contributed by atoms with Gasteiger partial charge in [0.05, 0.1) is 45.5 Å². The molecule has 140 heavy (non-hydrogen) atoms. The minimum Gasteiger partial charge on any atom is -0.310 e. The zero-order valence-corrected chi connectivity index (χ0v) is 82.8. The Morgan fingerprint density at radius 1 is 0.0857 bits per heavy atom. The van der Waals surface area contributed by atoms with E-state index in [0.29, 0.717) is 0 Å². The van der Waals surface area contributed by atoms with E-state index in [1.54, 1.807) is 0 Å². The second kappa shape index (κ2) is 37.4. The van der Waals surface area contributed by atoms with Gasteiger partial charge in [-0.15, -0.1) is 0 Å². The normalized spacial score (nSPS) is 11.4. The summed E-state index contributed by atoms with van der Waals surface area (Å²) in [4.78, 5) is 20.7. The van der Waals surface area contributed by atoms with E-state index in [9.17, 15) is 0 Å². The standard InChI is InChI=1S/C132H116N8/c1-85-17-49-101(50-18-85)133(102-51-19-86(2)20-52-102)117-81-121(137(109-65-33-93(9)34-66-109)110-67-35-94(10)36-68-110)127-129-123(139(113-73-41-97(13)42-74-113)114-75-43-98(14)44-76-114)83-119(135(105-57-25-89(5)26-58-105)106-59-27-90(6)28-60-106)126-120(136(107-61-29-91(7)30-62-107)108-63-31-92(8)32-64-108)84-124(140(115-77-45-99(15)46-78-115)116-79-47-100(16)48-80-116)130(132(126)129)128-122(138(111-69-37-95(11)38-70-111)112-71-39-96(12)40-72-112)82-118(125(117)131(127)128)134(103-53-21-87(3)22-54-103)104-55-23-88(4)24-56-104/h17-84H,1-16H3. The summed E-state index contributed by atoms with van der Waals surface area (Å²) in [5.74, 6) is 0. The van der Waals surface area contributed by atoms with Gasteiger partial charge in [-0.3, -0.25) is 0 Å². The summed E-state index contributed by atoms with van der Waals surface area (Å²) in [6, 6.07) is 159. The molecule has 0 saturated carbocycles. The monoisotopic (exact) mass is 1810 g/mol.